The van der Waals surface area contributed by atoms with Gasteiger partial charge in [0.25, 0.3) is 0 Å². The van der Waals surface area contributed by atoms with Crippen molar-refractivity contribution in [3.8, 4) is 0 Å². The Hall–Kier alpha value is -1.31. The second-order valence-electron chi connectivity index (χ2n) is 2.41. The molecule has 2 N–H and O–H groups in total. The lowest BCUT2D eigenvalue weighted by Gasteiger charge is -1.91. The van der Waals surface area contributed by atoms with Crippen molar-refractivity contribution < 1.29 is 0 Å². The second-order valence-corrected chi connectivity index (χ2v) is 2.41. The van der Waals surface area contributed by atoms with E-state index >= 15 is 0 Å². The fourth-order valence-electron chi connectivity index (χ4n) is 1.16. The standard InChI is InChI=1S/C8H8N2.C2H6/c9-8-5-6-3-1-2-4-7(6)10-8;1-2/h1-4H,5H2,(H2,9,10);1-2H3. The minimum absolute atomic E-state index is 0.723. The Kier molecular flexibility index (Phi) is 2.86. The molecule has 1 aromatic rings. The highest BCUT2D eigenvalue weighted by Crippen LogP contribution is 2.23. The van der Waals surface area contributed by atoms with Crippen LogP contribution in [0.25, 0.3) is 0 Å². The van der Waals surface area contributed by atoms with Gasteiger partial charge in [-0.25, -0.2) is 4.99 Å². The van der Waals surface area contributed by atoms with Gasteiger partial charge in [0.15, 0.2) is 0 Å². The molecule has 0 aliphatic carbocycles. The summed E-state index contributed by atoms with van der Waals surface area (Å²) in [4.78, 5) is 4.15. The first kappa shape index (κ1) is 8.78. The van der Waals surface area contributed by atoms with E-state index in [1.807, 2.05) is 32.0 Å². The largest absolute Gasteiger partial charge is 0.387 e. The molecular weight excluding hydrogens is 148 g/mol. The summed E-state index contributed by atoms with van der Waals surface area (Å²) in [5.74, 6) is 0.723. The number of nitrogens with two attached hydrogens (primary N) is 1. The highest BCUT2D eigenvalue weighted by molar-refractivity contribution is 5.90. The Morgan fingerprint density at radius 2 is 1.92 bits per heavy atom. The van der Waals surface area contributed by atoms with Crippen molar-refractivity contribution in [3.63, 3.8) is 0 Å². The van der Waals surface area contributed by atoms with Crippen LogP contribution in [0.4, 0.5) is 5.69 Å². The maximum atomic E-state index is 5.54. The summed E-state index contributed by atoms with van der Waals surface area (Å²) < 4.78 is 0. The van der Waals surface area contributed by atoms with Crippen LogP contribution in [0.5, 0.6) is 0 Å². The van der Waals surface area contributed by atoms with Crippen LogP contribution >= 0.6 is 0 Å². The Morgan fingerprint density at radius 1 is 1.25 bits per heavy atom. The first-order valence-corrected chi connectivity index (χ1v) is 4.27. The predicted octanol–water partition coefficient (Wildman–Crippen LogP) is 2.26. The van der Waals surface area contributed by atoms with Crippen LogP contribution < -0.4 is 5.73 Å². The maximum Gasteiger partial charge on any atom is 0.104 e. The minimum Gasteiger partial charge on any atom is -0.387 e. The van der Waals surface area contributed by atoms with Gasteiger partial charge in [-0.15, -0.1) is 0 Å². The van der Waals surface area contributed by atoms with Crippen LogP contribution in [0.3, 0.4) is 0 Å². The van der Waals surface area contributed by atoms with Crippen LogP contribution in [0.2, 0.25) is 0 Å². The first-order valence-electron chi connectivity index (χ1n) is 4.27. The molecule has 0 fully saturated rings. The molecule has 2 heteroatoms. The molecule has 0 bridgehead atoms. The van der Waals surface area contributed by atoms with Gasteiger partial charge in [0.1, 0.15) is 5.84 Å². The normalized spacial score (nSPS) is 12.7. The minimum atomic E-state index is 0.723. The average Bonchev–Trinajstić information content (AvgIpc) is 2.48. The van der Waals surface area contributed by atoms with Gasteiger partial charge in [-0.2, -0.15) is 0 Å². The first-order chi connectivity index (χ1) is 5.86. The van der Waals surface area contributed by atoms with E-state index in [0.29, 0.717) is 0 Å². The van der Waals surface area contributed by atoms with Crippen molar-refractivity contribution >= 4 is 11.5 Å². The van der Waals surface area contributed by atoms with Gasteiger partial charge >= 0.3 is 0 Å². The number of hydrogen-bond donors (Lipinski definition) is 1. The number of rotatable bonds is 0. The summed E-state index contributed by atoms with van der Waals surface area (Å²) in [6.45, 7) is 4.00. The molecule has 0 radical (unpaired) electrons. The van der Waals surface area contributed by atoms with Gasteiger partial charge in [0, 0.05) is 6.42 Å². The molecule has 1 aliphatic rings. The van der Waals surface area contributed by atoms with E-state index in [1.165, 1.54) is 5.56 Å². The van der Waals surface area contributed by atoms with E-state index in [1.54, 1.807) is 0 Å². The Bertz CT molecular complexity index is 290. The molecule has 0 unspecified atom stereocenters. The number of aliphatic imine (C=N–C) groups is 1. The van der Waals surface area contributed by atoms with Gasteiger partial charge < -0.3 is 5.73 Å². The monoisotopic (exact) mass is 162 g/mol. The lowest BCUT2D eigenvalue weighted by molar-refractivity contribution is 1.37. The summed E-state index contributed by atoms with van der Waals surface area (Å²) >= 11 is 0. The molecule has 0 saturated carbocycles. The maximum absolute atomic E-state index is 5.54. The summed E-state index contributed by atoms with van der Waals surface area (Å²) in [7, 11) is 0. The number of nitrogens with zero attached hydrogens (tertiary/aromatic N) is 1. The van der Waals surface area contributed by atoms with Gasteiger partial charge in [-0.3, -0.25) is 0 Å². The van der Waals surface area contributed by atoms with Crippen molar-refractivity contribution in [3.05, 3.63) is 29.8 Å². The molecule has 0 aromatic heterocycles. The number of benzene rings is 1. The number of hydrogen-bond acceptors (Lipinski definition) is 2. The third-order valence-electron chi connectivity index (χ3n) is 1.63. The van der Waals surface area contributed by atoms with Crippen molar-refractivity contribution in [2.24, 2.45) is 10.7 Å². The topological polar surface area (TPSA) is 38.4 Å². The highest BCUT2D eigenvalue weighted by Gasteiger charge is 2.09. The summed E-state index contributed by atoms with van der Waals surface area (Å²) in [6, 6.07) is 8.02. The molecule has 0 saturated heterocycles. The Morgan fingerprint density at radius 3 is 2.58 bits per heavy atom. The molecule has 2 rings (SSSR count). The van der Waals surface area contributed by atoms with Gasteiger partial charge in [-0.05, 0) is 11.6 Å². The zero-order valence-electron chi connectivity index (χ0n) is 7.54. The van der Waals surface area contributed by atoms with Gasteiger partial charge in [0.05, 0.1) is 5.69 Å². The van der Waals surface area contributed by atoms with Gasteiger partial charge in [-0.1, -0.05) is 32.0 Å². The van der Waals surface area contributed by atoms with Crippen molar-refractivity contribution in [1.29, 1.82) is 0 Å². The van der Waals surface area contributed by atoms with Crippen molar-refractivity contribution in [1.82, 2.24) is 0 Å². The lowest BCUT2D eigenvalue weighted by Crippen LogP contribution is -2.09. The molecule has 1 heterocycles. The molecule has 0 spiro atoms. The third kappa shape index (κ3) is 1.64. The van der Waals surface area contributed by atoms with Crippen molar-refractivity contribution in [2.45, 2.75) is 20.3 Å². The highest BCUT2D eigenvalue weighted by atomic mass is 14.9. The molecule has 0 amide bonds. The molecule has 64 valence electrons. The summed E-state index contributed by atoms with van der Waals surface area (Å²) in [5.41, 5.74) is 7.80. The summed E-state index contributed by atoms with van der Waals surface area (Å²) in [5, 5.41) is 0. The molecular formula is C10H14N2. The van der Waals surface area contributed by atoms with E-state index in [4.69, 9.17) is 5.73 Å². The van der Waals surface area contributed by atoms with E-state index < -0.39 is 0 Å². The van der Waals surface area contributed by atoms with Crippen LogP contribution in [0, 0.1) is 0 Å². The zero-order valence-corrected chi connectivity index (χ0v) is 7.54. The molecule has 12 heavy (non-hydrogen) atoms. The Labute approximate surface area is 73.1 Å². The van der Waals surface area contributed by atoms with E-state index in [2.05, 4.69) is 11.1 Å². The quantitative estimate of drug-likeness (QED) is 0.624. The molecule has 1 aromatic carbocycles. The zero-order chi connectivity index (χ0) is 8.97. The van der Waals surface area contributed by atoms with Crippen molar-refractivity contribution in [2.75, 3.05) is 0 Å². The SMILES string of the molecule is CC.NC1=Nc2ccccc2C1. The smallest absolute Gasteiger partial charge is 0.104 e. The molecule has 2 nitrogen and oxygen atoms in total. The fourth-order valence-corrected chi connectivity index (χ4v) is 1.16. The van der Waals surface area contributed by atoms with Crippen LogP contribution in [0.15, 0.2) is 29.3 Å². The molecule has 1 aliphatic heterocycles. The van der Waals surface area contributed by atoms with E-state index in [9.17, 15) is 0 Å². The van der Waals surface area contributed by atoms with Crippen LogP contribution in [-0.2, 0) is 6.42 Å². The number of amidine groups is 1. The predicted molar refractivity (Wildman–Crippen MR) is 52.8 cm³/mol. The second kappa shape index (κ2) is 3.90. The Balaban J connectivity index is 0.000000336. The number of fused-ring (bicyclic) bond motifs is 1. The van der Waals surface area contributed by atoms with Gasteiger partial charge in [0.2, 0.25) is 0 Å². The molecule has 0 atom stereocenters. The van der Waals surface area contributed by atoms with Crippen LogP contribution in [-0.4, -0.2) is 5.84 Å². The lowest BCUT2D eigenvalue weighted by atomic mass is 10.1. The van der Waals surface area contributed by atoms with E-state index in [-0.39, 0.29) is 0 Å². The fraction of sp³-hybridized carbons (Fsp3) is 0.300. The average molecular weight is 162 g/mol. The van der Waals surface area contributed by atoms with E-state index in [0.717, 1.165) is 17.9 Å². The third-order valence-corrected chi connectivity index (χ3v) is 1.63. The number of para-hydroxylation sites is 1. The van der Waals surface area contributed by atoms with Crippen LogP contribution in [0.1, 0.15) is 19.4 Å². The summed E-state index contributed by atoms with van der Waals surface area (Å²) in [6.07, 6.45) is 0.816.